The molecule has 13 heavy (non-hydrogen) atoms. The lowest BCUT2D eigenvalue weighted by Crippen LogP contribution is -1.98. The lowest BCUT2D eigenvalue weighted by Gasteiger charge is -2.08. The molecule has 1 aromatic heterocycles. The summed E-state index contributed by atoms with van der Waals surface area (Å²) in [5, 5.41) is 0.434. The van der Waals surface area contributed by atoms with E-state index in [0.29, 0.717) is 18.4 Å². The zero-order valence-electron chi connectivity index (χ0n) is 7.71. The topological polar surface area (TPSA) is 31.4 Å². The van der Waals surface area contributed by atoms with Crippen LogP contribution in [0.4, 0.5) is 0 Å². The minimum atomic E-state index is 0.434. The van der Waals surface area contributed by atoms with E-state index < -0.39 is 0 Å². The summed E-state index contributed by atoms with van der Waals surface area (Å²) in [5.74, 6) is 0.740. The molecule has 1 heterocycles. The number of halogens is 1. The van der Waals surface area contributed by atoms with E-state index in [-0.39, 0.29) is 0 Å². The average Bonchev–Trinajstić information content (AvgIpc) is 2.10. The predicted octanol–water partition coefficient (Wildman–Crippen LogP) is 2.28. The van der Waals surface area contributed by atoms with Crippen molar-refractivity contribution >= 4 is 11.6 Å². The van der Waals surface area contributed by atoms with E-state index in [1.807, 2.05) is 6.92 Å². The van der Waals surface area contributed by atoms with Crippen molar-refractivity contribution in [3.63, 3.8) is 0 Å². The molecule has 0 saturated heterocycles. The van der Waals surface area contributed by atoms with E-state index in [2.05, 4.69) is 4.98 Å². The van der Waals surface area contributed by atoms with Crippen LogP contribution in [-0.4, -0.2) is 18.7 Å². The third-order valence-electron chi connectivity index (χ3n) is 1.51. The molecular formula is C9H12ClNO2. The number of hydrogen-bond acceptors (Lipinski definition) is 3. The monoisotopic (exact) mass is 201 g/mol. The van der Waals surface area contributed by atoms with E-state index in [1.54, 1.807) is 19.4 Å². The van der Waals surface area contributed by atoms with E-state index in [4.69, 9.17) is 21.1 Å². The number of aromatic nitrogens is 1. The van der Waals surface area contributed by atoms with Gasteiger partial charge in [0.15, 0.2) is 0 Å². The first kappa shape index (κ1) is 10.3. The van der Waals surface area contributed by atoms with Crippen LogP contribution in [0.25, 0.3) is 0 Å². The van der Waals surface area contributed by atoms with E-state index in [9.17, 15) is 0 Å². The minimum Gasteiger partial charge on any atom is -0.493 e. The Hall–Kier alpha value is -0.800. The summed E-state index contributed by atoms with van der Waals surface area (Å²) in [6.45, 7) is 3.02. The van der Waals surface area contributed by atoms with Crippen LogP contribution >= 0.6 is 11.6 Å². The van der Waals surface area contributed by atoms with Gasteiger partial charge in [0.25, 0.3) is 0 Å². The molecule has 0 aliphatic heterocycles. The highest BCUT2D eigenvalue weighted by Gasteiger charge is 2.04. The second-order valence-corrected chi connectivity index (χ2v) is 2.87. The molecule has 1 rings (SSSR count). The summed E-state index contributed by atoms with van der Waals surface area (Å²) in [5.41, 5.74) is 0.911. The van der Waals surface area contributed by atoms with Crippen molar-refractivity contribution in [2.45, 2.75) is 13.5 Å². The van der Waals surface area contributed by atoms with Gasteiger partial charge >= 0.3 is 0 Å². The fourth-order valence-electron chi connectivity index (χ4n) is 0.995. The third-order valence-corrected chi connectivity index (χ3v) is 1.72. The van der Waals surface area contributed by atoms with Crippen molar-refractivity contribution in [1.29, 1.82) is 0 Å². The molecule has 0 aromatic carbocycles. The molecule has 0 amide bonds. The van der Waals surface area contributed by atoms with E-state index in [0.717, 1.165) is 11.3 Å². The Morgan fingerprint density at radius 1 is 1.54 bits per heavy atom. The number of rotatable bonds is 4. The first-order valence-corrected chi connectivity index (χ1v) is 4.42. The summed E-state index contributed by atoms with van der Waals surface area (Å²) in [6.07, 6.45) is 1.66. The van der Waals surface area contributed by atoms with Crippen LogP contribution in [0.15, 0.2) is 12.3 Å². The van der Waals surface area contributed by atoms with Crippen molar-refractivity contribution in [3.05, 3.63) is 23.0 Å². The molecule has 0 bridgehead atoms. The van der Waals surface area contributed by atoms with Crippen molar-refractivity contribution in [2.24, 2.45) is 0 Å². The molecular weight excluding hydrogens is 190 g/mol. The van der Waals surface area contributed by atoms with Gasteiger partial charge in [0, 0.05) is 24.9 Å². The molecule has 72 valence electrons. The quantitative estimate of drug-likeness (QED) is 0.701. The minimum absolute atomic E-state index is 0.434. The summed E-state index contributed by atoms with van der Waals surface area (Å²) in [6, 6.07) is 1.69. The molecule has 0 aliphatic rings. The van der Waals surface area contributed by atoms with Gasteiger partial charge in [0.05, 0.1) is 13.2 Å². The van der Waals surface area contributed by atoms with Crippen LogP contribution < -0.4 is 4.74 Å². The summed E-state index contributed by atoms with van der Waals surface area (Å²) in [4.78, 5) is 3.95. The number of pyridine rings is 1. The van der Waals surface area contributed by atoms with Crippen LogP contribution in [0.1, 0.15) is 12.5 Å². The molecule has 3 nitrogen and oxygen atoms in total. The van der Waals surface area contributed by atoms with Crippen LogP contribution in [0.5, 0.6) is 5.75 Å². The van der Waals surface area contributed by atoms with Crippen LogP contribution in [0, 0.1) is 0 Å². The third kappa shape index (κ3) is 2.86. The van der Waals surface area contributed by atoms with E-state index >= 15 is 0 Å². The fraction of sp³-hybridized carbons (Fsp3) is 0.444. The highest BCUT2D eigenvalue weighted by atomic mass is 35.5. The van der Waals surface area contributed by atoms with Gasteiger partial charge in [-0.3, -0.25) is 0 Å². The zero-order valence-corrected chi connectivity index (χ0v) is 8.47. The molecule has 0 atom stereocenters. The second kappa shape index (κ2) is 5.04. The van der Waals surface area contributed by atoms with Gasteiger partial charge in [0.1, 0.15) is 10.9 Å². The fourth-order valence-corrected chi connectivity index (χ4v) is 1.14. The largest absolute Gasteiger partial charge is 0.493 e. The number of nitrogens with zero attached hydrogens (tertiary/aromatic N) is 1. The molecule has 0 aliphatic carbocycles. The maximum atomic E-state index is 5.72. The molecule has 4 heteroatoms. The van der Waals surface area contributed by atoms with Crippen LogP contribution in [0.2, 0.25) is 5.15 Å². The zero-order chi connectivity index (χ0) is 9.68. The smallest absolute Gasteiger partial charge is 0.132 e. The Kier molecular flexibility index (Phi) is 3.99. The Bertz CT molecular complexity index is 278. The SMILES string of the molecule is CCOc1cc(Cl)ncc1COC. The Labute approximate surface area is 82.6 Å². The highest BCUT2D eigenvalue weighted by Crippen LogP contribution is 2.21. The molecule has 0 fully saturated rings. The molecule has 0 spiro atoms. The van der Waals surface area contributed by atoms with Crippen molar-refractivity contribution in [2.75, 3.05) is 13.7 Å². The first-order chi connectivity index (χ1) is 6.27. The highest BCUT2D eigenvalue weighted by molar-refractivity contribution is 6.29. The Morgan fingerprint density at radius 2 is 2.31 bits per heavy atom. The van der Waals surface area contributed by atoms with Crippen molar-refractivity contribution in [3.8, 4) is 5.75 Å². The Balaban J connectivity index is 2.89. The van der Waals surface area contributed by atoms with Gasteiger partial charge in [-0.2, -0.15) is 0 Å². The van der Waals surface area contributed by atoms with Crippen molar-refractivity contribution < 1.29 is 9.47 Å². The Morgan fingerprint density at radius 3 is 2.92 bits per heavy atom. The van der Waals surface area contributed by atoms with Crippen LogP contribution in [0.3, 0.4) is 0 Å². The van der Waals surface area contributed by atoms with Gasteiger partial charge < -0.3 is 9.47 Å². The average molecular weight is 202 g/mol. The van der Waals surface area contributed by atoms with Crippen molar-refractivity contribution in [1.82, 2.24) is 4.98 Å². The predicted molar refractivity (Wildman–Crippen MR) is 51.1 cm³/mol. The second-order valence-electron chi connectivity index (χ2n) is 2.48. The lowest BCUT2D eigenvalue weighted by molar-refractivity contribution is 0.180. The maximum absolute atomic E-state index is 5.72. The maximum Gasteiger partial charge on any atom is 0.132 e. The van der Waals surface area contributed by atoms with E-state index in [1.165, 1.54) is 0 Å². The number of hydrogen-bond donors (Lipinski definition) is 0. The molecule has 0 radical (unpaired) electrons. The van der Waals surface area contributed by atoms with Gasteiger partial charge in [0.2, 0.25) is 0 Å². The molecule has 0 saturated carbocycles. The first-order valence-electron chi connectivity index (χ1n) is 4.04. The molecule has 0 unspecified atom stereocenters. The molecule has 1 aromatic rings. The van der Waals surface area contributed by atoms with Gasteiger partial charge in [-0.1, -0.05) is 11.6 Å². The summed E-state index contributed by atoms with van der Waals surface area (Å²) >= 11 is 5.72. The molecule has 0 N–H and O–H groups in total. The number of ether oxygens (including phenoxy) is 2. The van der Waals surface area contributed by atoms with Crippen LogP contribution in [-0.2, 0) is 11.3 Å². The van der Waals surface area contributed by atoms with Gasteiger partial charge in [-0.25, -0.2) is 4.98 Å². The standard InChI is InChI=1S/C9H12ClNO2/c1-3-13-8-4-9(10)11-5-7(8)6-12-2/h4-5H,3,6H2,1-2H3. The van der Waals surface area contributed by atoms with Gasteiger partial charge in [-0.15, -0.1) is 0 Å². The normalized spacial score (nSPS) is 10.1. The van der Waals surface area contributed by atoms with Gasteiger partial charge in [-0.05, 0) is 6.92 Å². The summed E-state index contributed by atoms with van der Waals surface area (Å²) in [7, 11) is 1.63. The summed E-state index contributed by atoms with van der Waals surface area (Å²) < 4.78 is 10.4. The number of methoxy groups -OCH3 is 1. The lowest BCUT2D eigenvalue weighted by atomic mass is 10.3.